The molecule has 1 aromatic heterocycles. The molecule has 9 heteroatoms. The van der Waals surface area contributed by atoms with Crippen molar-refractivity contribution in [3.05, 3.63) is 84.1 Å². The van der Waals surface area contributed by atoms with Crippen molar-refractivity contribution in [3.8, 4) is 34.2 Å². The minimum atomic E-state index is -4.12. The number of nitrogens with zero attached hydrogens (tertiary/aromatic N) is 3. The van der Waals surface area contributed by atoms with Crippen LogP contribution in [0.15, 0.2) is 77.8 Å². The molecule has 0 spiro atoms. The molecule has 1 heterocycles. The van der Waals surface area contributed by atoms with E-state index in [1.807, 2.05) is 31.2 Å². The Morgan fingerprint density at radius 2 is 1.71 bits per heavy atom. The fraction of sp³-hybridized carbons (Fsp3) is 0.160. The molecule has 34 heavy (non-hydrogen) atoms. The molecule has 2 N–H and O–H groups in total. The number of ether oxygens (including phenoxy) is 1. The Hall–Kier alpha value is -3.82. The van der Waals surface area contributed by atoms with E-state index in [4.69, 9.17) is 4.74 Å². The lowest BCUT2D eigenvalue weighted by Gasteiger charge is -2.20. The summed E-state index contributed by atoms with van der Waals surface area (Å²) in [5.41, 5.74) is 3.12. The topological polar surface area (TPSA) is 105 Å². The quantitative estimate of drug-likeness (QED) is 0.414. The molecule has 0 aliphatic heterocycles. The highest BCUT2D eigenvalue weighted by Gasteiger charge is 2.28. The van der Waals surface area contributed by atoms with Gasteiger partial charge in [0.25, 0.3) is 0 Å². The zero-order valence-corrected chi connectivity index (χ0v) is 19.8. The molecule has 0 saturated carbocycles. The van der Waals surface area contributed by atoms with Crippen molar-refractivity contribution in [1.82, 2.24) is 14.1 Å². The largest absolute Gasteiger partial charge is 0.507 e. The van der Waals surface area contributed by atoms with Gasteiger partial charge in [-0.25, -0.2) is 13.1 Å². The minimum Gasteiger partial charge on any atom is -0.507 e. The second-order valence-electron chi connectivity index (χ2n) is 7.82. The number of methoxy groups -OCH3 is 1. The summed E-state index contributed by atoms with van der Waals surface area (Å²) >= 11 is 0. The molecule has 3 aromatic carbocycles. The maximum absolute atomic E-state index is 13.4. The van der Waals surface area contributed by atoms with Crippen LogP contribution >= 0.6 is 0 Å². The monoisotopic (exact) mass is 479 g/mol. The number of hydrogen-bond donors (Lipinski definition) is 2. The van der Waals surface area contributed by atoms with Gasteiger partial charge in [0.05, 0.1) is 24.7 Å². The van der Waals surface area contributed by atoms with Gasteiger partial charge in [0.15, 0.2) is 0 Å². The number of aromatic hydroxyl groups is 2. The van der Waals surface area contributed by atoms with Crippen LogP contribution in [0.5, 0.6) is 17.2 Å². The van der Waals surface area contributed by atoms with Crippen LogP contribution < -0.4 is 4.74 Å². The van der Waals surface area contributed by atoms with Crippen molar-refractivity contribution in [3.63, 3.8) is 0 Å². The smallest absolute Gasteiger partial charge is 0.246 e. The molecule has 0 unspecified atom stereocenters. The maximum atomic E-state index is 13.4. The number of phenolic OH excluding ortho intramolecular Hbond substituents is 2. The van der Waals surface area contributed by atoms with Crippen molar-refractivity contribution in [2.75, 3.05) is 14.2 Å². The van der Waals surface area contributed by atoms with Crippen LogP contribution in [0, 0.1) is 6.92 Å². The molecule has 0 fully saturated rings. The molecule has 0 atom stereocenters. The average molecular weight is 480 g/mol. The van der Waals surface area contributed by atoms with Crippen molar-refractivity contribution in [2.24, 2.45) is 0 Å². The fourth-order valence-corrected chi connectivity index (χ4v) is 5.03. The number of hydrogen-bond acceptors (Lipinski definition) is 6. The summed E-state index contributed by atoms with van der Waals surface area (Å²) in [5.74, 6) is -0.253. The highest BCUT2D eigenvalue weighted by molar-refractivity contribution is 7.89. The van der Waals surface area contributed by atoms with E-state index in [9.17, 15) is 18.6 Å². The van der Waals surface area contributed by atoms with Gasteiger partial charge in [-0.2, -0.15) is 9.40 Å². The summed E-state index contributed by atoms with van der Waals surface area (Å²) in [6, 6.07) is 18.7. The molecule has 0 amide bonds. The Balaban J connectivity index is 1.77. The molecule has 0 aliphatic carbocycles. The van der Waals surface area contributed by atoms with Crippen molar-refractivity contribution >= 4 is 10.0 Å². The molecular formula is C25H25N3O5S. The fourth-order valence-electron chi connectivity index (χ4n) is 3.80. The van der Waals surface area contributed by atoms with E-state index in [-0.39, 0.29) is 22.8 Å². The van der Waals surface area contributed by atoms with Gasteiger partial charge in [0.1, 0.15) is 22.1 Å². The molecule has 176 valence electrons. The summed E-state index contributed by atoms with van der Waals surface area (Å²) in [4.78, 5) is -0.324. The minimum absolute atomic E-state index is 0.0309. The third-order valence-corrected chi connectivity index (χ3v) is 7.45. The van der Waals surface area contributed by atoms with Crippen LogP contribution in [0.4, 0.5) is 0 Å². The summed E-state index contributed by atoms with van der Waals surface area (Å²) in [6.07, 6.45) is 1.57. The summed E-state index contributed by atoms with van der Waals surface area (Å²) < 4.78 is 34.9. The van der Waals surface area contributed by atoms with Crippen LogP contribution in [0.3, 0.4) is 0 Å². The number of aryl methyl sites for hydroxylation is 1. The Kier molecular flexibility index (Phi) is 6.32. The number of benzene rings is 3. The maximum Gasteiger partial charge on any atom is 0.246 e. The number of sulfonamides is 1. The summed E-state index contributed by atoms with van der Waals surface area (Å²) in [7, 11) is -1.18. The van der Waals surface area contributed by atoms with E-state index in [0.29, 0.717) is 17.0 Å². The first-order valence-corrected chi connectivity index (χ1v) is 11.9. The van der Waals surface area contributed by atoms with Crippen molar-refractivity contribution in [2.45, 2.75) is 18.4 Å². The van der Waals surface area contributed by atoms with Crippen molar-refractivity contribution in [1.29, 1.82) is 0 Å². The number of rotatable bonds is 7. The molecule has 0 saturated heterocycles. The van der Waals surface area contributed by atoms with Gasteiger partial charge >= 0.3 is 0 Å². The van der Waals surface area contributed by atoms with Gasteiger partial charge in [-0.3, -0.25) is 0 Å². The van der Waals surface area contributed by atoms with E-state index in [1.54, 1.807) is 41.2 Å². The first-order chi connectivity index (χ1) is 16.2. The lowest BCUT2D eigenvalue weighted by Crippen LogP contribution is -2.26. The third-order valence-electron chi connectivity index (χ3n) is 5.61. The van der Waals surface area contributed by atoms with Gasteiger partial charge in [-0.15, -0.1) is 0 Å². The third kappa shape index (κ3) is 4.23. The molecule has 0 aliphatic rings. The van der Waals surface area contributed by atoms with Crippen LogP contribution in [0.25, 0.3) is 16.9 Å². The van der Waals surface area contributed by atoms with E-state index in [1.165, 1.54) is 20.2 Å². The lowest BCUT2D eigenvalue weighted by atomic mass is 10.1. The zero-order chi connectivity index (χ0) is 24.5. The predicted octanol–water partition coefficient (Wildman–Crippen LogP) is 4.09. The molecule has 8 nitrogen and oxygen atoms in total. The van der Waals surface area contributed by atoms with Crippen LogP contribution in [0.1, 0.15) is 11.1 Å². The first-order valence-electron chi connectivity index (χ1n) is 10.5. The van der Waals surface area contributed by atoms with Gasteiger partial charge in [-0.05, 0) is 36.8 Å². The van der Waals surface area contributed by atoms with Crippen LogP contribution in [-0.2, 0) is 16.6 Å². The Labute approximate surface area is 198 Å². The average Bonchev–Trinajstić information content (AvgIpc) is 3.29. The molecule has 0 bridgehead atoms. The highest BCUT2D eigenvalue weighted by atomic mass is 32.2. The predicted molar refractivity (Wildman–Crippen MR) is 129 cm³/mol. The molecule has 4 rings (SSSR count). The van der Waals surface area contributed by atoms with E-state index >= 15 is 0 Å². The second kappa shape index (κ2) is 9.20. The highest BCUT2D eigenvalue weighted by Crippen LogP contribution is 2.39. The lowest BCUT2D eigenvalue weighted by molar-refractivity contribution is 0.396. The summed E-state index contributed by atoms with van der Waals surface area (Å²) in [6.45, 7) is 1.96. The molecular weight excluding hydrogens is 454 g/mol. The van der Waals surface area contributed by atoms with Crippen LogP contribution in [-0.4, -0.2) is 46.9 Å². The first kappa shape index (κ1) is 23.3. The Morgan fingerprint density at radius 1 is 1.00 bits per heavy atom. The van der Waals surface area contributed by atoms with Gasteiger partial charge < -0.3 is 14.9 Å². The number of para-hydroxylation sites is 2. The molecule has 4 aromatic rings. The van der Waals surface area contributed by atoms with E-state index < -0.39 is 15.8 Å². The van der Waals surface area contributed by atoms with Gasteiger partial charge in [0.2, 0.25) is 10.0 Å². The normalized spacial score (nSPS) is 11.6. The Bertz CT molecular complexity index is 1450. The van der Waals surface area contributed by atoms with Crippen LogP contribution in [0.2, 0.25) is 0 Å². The number of phenols is 2. The van der Waals surface area contributed by atoms with E-state index in [0.717, 1.165) is 21.6 Å². The van der Waals surface area contributed by atoms with E-state index in [2.05, 4.69) is 5.10 Å². The van der Waals surface area contributed by atoms with Crippen molar-refractivity contribution < 1.29 is 23.4 Å². The SMILES string of the molecule is COc1ccccc1CN(C)S(=O)(=O)c1cc(-c2ccnn2-c2ccccc2C)c(O)cc1O. The summed E-state index contributed by atoms with van der Waals surface area (Å²) in [5, 5.41) is 25.5. The number of aromatic nitrogens is 2. The Morgan fingerprint density at radius 3 is 2.44 bits per heavy atom. The van der Waals surface area contributed by atoms with Gasteiger partial charge in [-0.1, -0.05) is 36.4 Å². The second-order valence-corrected chi connectivity index (χ2v) is 9.84. The van der Waals surface area contributed by atoms with Gasteiger partial charge in [0, 0.05) is 30.8 Å². The standard InChI is InChI=1S/C25H25N3O5S/c1-17-8-4-6-10-20(17)28-21(12-13-26-28)19-14-25(23(30)15-22(19)29)34(31,32)27(2)16-18-9-5-7-11-24(18)33-3/h4-15,29-30H,16H2,1-3H3. The zero-order valence-electron chi connectivity index (χ0n) is 19.0. The molecule has 0 radical (unpaired) electrons.